The van der Waals surface area contributed by atoms with Crippen molar-refractivity contribution in [3.8, 4) is 5.75 Å². The zero-order valence-corrected chi connectivity index (χ0v) is 12.5. The number of likely N-dealkylation sites (tertiary alicyclic amines) is 1. The van der Waals surface area contributed by atoms with E-state index in [0.717, 1.165) is 19.3 Å². The molecule has 0 radical (unpaired) electrons. The Morgan fingerprint density at radius 1 is 1.33 bits per heavy atom. The molecule has 2 unspecified atom stereocenters. The molecule has 6 nitrogen and oxygen atoms in total. The van der Waals surface area contributed by atoms with Gasteiger partial charge < -0.3 is 9.64 Å². The molecule has 0 bridgehead atoms. The second kappa shape index (κ2) is 6.11. The van der Waals surface area contributed by atoms with Gasteiger partial charge in [-0.25, -0.2) is 0 Å². The summed E-state index contributed by atoms with van der Waals surface area (Å²) in [5, 5.41) is 11.1. The predicted molar refractivity (Wildman–Crippen MR) is 78.6 cm³/mol. The molecule has 0 spiro atoms. The molecule has 1 aromatic rings. The Balaban J connectivity index is 2.34. The van der Waals surface area contributed by atoms with E-state index in [1.54, 1.807) is 6.07 Å². The van der Waals surface area contributed by atoms with Gasteiger partial charge in [-0.1, -0.05) is 0 Å². The first-order chi connectivity index (χ1) is 9.95. The van der Waals surface area contributed by atoms with Crippen LogP contribution in [-0.4, -0.2) is 34.9 Å². The number of hydrogen-bond donors (Lipinski definition) is 0. The van der Waals surface area contributed by atoms with E-state index in [2.05, 4.69) is 0 Å². The smallest absolute Gasteiger partial charge is 0.311 e. The number of carbonyl (C=O) groups excluding carboxylic acids is 1. The second-order valence-corrected chi connectivity index (χ2v) is 5.49. The van der Waals surface area contributed by atoms with E-state index >= 15 is 0 Å². The number of amides is 1. The van der Waals surface area contributed by atoms with Crippen LogP contribution in [0.4, 0.5) is 5.69 Å². The van der Waals surface area contributed by atoms with Crippen molar-refractivity contribution in [3.05, 3.63) is 33.9 Å². The minimum absolute atomic E-state index is 0.152. The quantitative estimate of drug-likeness (QED) is 0.634. The highest BCUT2D eigenvalue weighted by Gasteiger charge is 2.30. The monoisotopic (exact) mass is 292 g/mol. The first-order valence-corrected chi connectivity index (χ1v) is 7.10. The number of ether oxygens (including phenoxy) is 1. The molecule has 1 heterocycles. The topological polar surface area (TPSA) is 72.7 Å². The van der Waals surface area contributed by atoms with E-state index in [-0.39, 0.29) is 29.4 Å². The number of nitrogens with zero attached hydrogens (tertiary/aromatic N) is 2. The summed E-state index contributed by atoms with van der Waals surface area (Å²) in [6.45, 7) is 4.04. The number of benzene rings is 1. The van der Waals surface area contributed by atoms with Gasteiger partial charge in [-0.05, 0) is 45.2 Å². The van der Waals surface area contributed by atoms with E-state index in [1.807, 2.05) is 18.7 Å². The lowest BCUT2D eigenvalue weighted by atomic mass is 9.96. The third-order valence-electron chi connectivity index (χ3n) is 4.05. The van der Waals surface area contributed by atoms with E-state index in [0.29, 0.717) is 5.56 Å². The average molecular weight is 292 g/mol. The molecule has 1 fully saturated rings. The molecule has 114 valence electrons. The number of carbonyl (C=O) groups is 1. The van der Waals surface area contributed by atoms with E-state index in [9.17, 15) is 14.9 Å². The van der Waals surface area contributed by atoms with Crippen molar-refractivity contribution >= 4 is 11.6 Å². The molecule has 2 atom stereocenters. The number of rotatable bonds is 3. The van der Waals surface area contributed by atoms with Crippen LogP contribution in [0.2, 0.25) is 0 Å². The highest BCUT2D eigenvalue weighted by Crippen LogP contribution is 2.30. The summed E-state index contributed by atoms with van der Waals surface area (Å²) >= 11 is 0. The Bertz CT molecular complexity index is 549. The van der Waals surface area contributed by atoms with Gasteiger partial charge in [-0.2, -0.15) is 0 Å². The van der Waals surface area contributed by atoms with Crippen molar-refractivity contribution < 1.29 is 14.5 Å². The fraction of sp³-hybridized carbons (Fsp3) is 0.533. The fourth-order valence-corrected chi connectivity index (χ4v) is 2.94. The number of hydrogen-bond acceptors (Lipinski definition) is 4. The maximum atomic E-state index is 12.7. The molecule has 21 heavy (non-hydrogen) atoms. The van der Waals surface area contributed by atoms with Crippen molar-refractivity contribution in [2.45, 2.75) is 45.2 Å². The van der Waals surface area contributed by atoms with Gasteiger partial charge in [0.25, 0.3) is 5.91 Å². The van der Waals surface area contributed by atoms with Crippen LogP contribution in [0.25, 0.3) is 0 Å². The predicted octanol–water partition coefficient (Wildman–Crippen LogP) is 3.01. The minimum Gasteiger partial charge on any atom is -0.490 e. The summed E-state index contributed by atoms with van der Waals surface area (Å²) in [5.74, 6) is 0.0109. The lowest BCUT2D eigenvalue weighted by Gasteiger charge is -2.39. The number of nitro benzene ring substituents is 1. The highest BCUT2D eigenvalue weighted by molar-refractivity contribution is 5.95. The normalized spacial score (nSPS) is 22.0. The van der Waals surface area contributed by atoms with E-state index in [4.69, 9.17) is 4.74 Å². The minimum atomic E-state index is -0.529. The molecule has 1 aliphatic rings. The third-order valence-corrected chi connectivity index (χ3v) is 4.05. The lowest BCUT2D eigenvalue weighted by Crippen LogP contribution is -2.47. The first-order valence-electron chi connectivity index (χ1n) is 7.10. The molecule has 0 aromatic heterocycles. The molecule has 0 N–H and O–H groups in total. The second-order valence-electron chi connectivity index (χ2n) is 5.49. The SMILES string of the molecule is COc1ccc(C(=O)N2C(C)CCCC2C)cc1[N+](=O)[O-]. The standard InChI is InChI=1S/C15H20N2O4/c1-10-5-4-6-11(2)16(10)15(18)12-7-8-14(21-3)13(9-12)17(19)20/h7-11H,4-6H2,1-3H3. The number of nitro groups is 1. The lowest BCUT2D eigenvalue weighted by molar-refractivity contribution is -0.385. The van der Waals surface area contributed by atoms with Crippen LogP contribution in [0.5, 0.6) is 5.75 Å². The van der Waals surface area contributed by atoms with Gasteiger partial charge >= 0.3 is 5.69 Å². The van der Waals surface area contributed by atoms with Crippen LogP contribution in [0.1, 0.15) is 43.5 Å². The molecule has 1 saturated heterocycles. The van der Waals surface area contributed by atoms with E-state index < -0.39 is 4.92 Å². The summed E-state index contributed by atoms with van der Waals surface area (Å²) in [5.41, 5.74) is 0.156. The molecule has 0 aliphatic carbocycles. The maximum Gasteiger partial charge on any atom is 0.311 e. The van der Waals surface area contributed by atoms with Crippen molar-refractivity contribution in [1.82, 2.24) is 4.90 Å². The number of piperidine rings is 1. The average Bonchev–Trinajstić information content (AvgIpc) is 2.46. The molecule has 1 aliphatic heterocycles. The molecule has 0 saturated carbocycles. The van der Waals surface area contributed by atoms with Crippen LogP contribution in [0.3, 0.4) is 0 Å². The summed E-state index contributed by atoms with van der Waals surface area (Å²) < 4.78 is 4.96. The van der Waals surface area contributed by atoms with Gasteiger partial charge in [0.1, 0.15) is 0 Å². The molecule has 1 amide bonds. The van der Waals surface area contributed by atoms with Gasteiger partial charge in [0.2, 0.25) is 0 Å². The third kappa shape index (κ3) is 2.99. The first kappa shape index (κ1) is 15.3. The molecule has 2 rings (SSSR count). The Morgan fingerprint density at radius 2 is 1.95 bits per heavy atom. The van der Waals surface area contributed by atoms with Crippen molar-refractivity contribution in [3.63, 3.8) is 0 Å². The summed E-state index contributed by atoms with van der Waals surface area (Å²) in [4.78, 5) is 25.0. The van der Waals surface area contributed by atoms with Crippen LogP contribution in [0, 0.1) is 10.1 Å². The molecular weight excluding hydrogens is 272 g/mol. The molecule has 1 aromatic carbocycles. The van der Waals surface area contributed by atoms with Gasteiger partial charge in [0.15, 0.2) is 5.75 Å². The van der Waals surface area contributed by atoms with Crippen molar-refractivity contribution in [2.24, 2.45) is 0 Å². The van der Waals surface area contributed by atoms with Gasteiger partial charge in [-0.3, -0.25) is 14.9 Å². The van der Waals surface area contributed by atoms with Crippen LogP contribution >= 0.6 is 0 Å². The summed E-state index contributed by atoms with van der Waals surface area (Å²) in [6.07, 6.45) is 3.04. The summed E-state index contributed by atoms with van der Waals surface area (Å²) in [6, 6.07) is 4.67. The van der Waals surface area contributed by atoms with Gasteiger partial charge in [-0.15, -0.1) is 0 Å². The Labute approximate surface area is 123 Å². The molecular formula is C15H20N2O4. The van der Waals surface area contributed by atoms with Gasteiger partial charge in [0, 0.05) is 23.7 Å². The van der Waals surface area contributed by atoms with Crippen LogP contribution in [0.15, 0.2) is 18.2 Å². The number of methoxy groups -OCH3 is 1. The maximum absolute atomic E-state index is 12.7. The molecule has 6 heteroatoms. The van der Waals surface area contributed by atoms with Crippen LogP contribution in [-0.2, 0) is 0 Å². The van der Waals surface area contributed by atoms with Crippen LogP contribution < -0.4 is 4.74 Å². The fourth-order valence-electron chi connectivity index (χ4n) is 2.94. The zero-order chi connectivity index (χ0) is 15.6. The summed E-state index contributed by atoms with van der Waals surface area (Å²) in [7, 11) is 1.37. The van der Waals surface area contributed by atoms with Crippen molar-refractivity contribution in [2.75, 3.05) is 7.11 Å². The highest BCUT2D eigenvalue weighted by atomic mass is 16.6. The Kier molecular flexibility index (Phi) is 4.45. The Hall–Kier alpha value is -2.11. The largest absolute Gasteiger partial charge is 0.490 e. The zero-order valence-electron chi connectivity index (χ0n) is 12.5. The van der Waals surface area contributed by atoms with Gasteiger partial charge in [0.05, 0.1) is 12.0 Å². The van der Waals surface area contributed by atoms with Crippen molar-refractivity contribution in [1.29, 1.82) is 0 Å². The Morgan fingerprint density at radius 3 is 2.48 bits per heavy atom. The van der Waals surface area contributed by atoms with E-state index in [1.165, 1.54) is 19.2 Å².